The van der Waals surface area contributed by atoms with Crippen molar-refractivity contribution >= 4 is 16.9 Å². The lowest BCUT2D eigenvalue weighted by Crippen LogP contribution is -2.39. The zero-order chi connectivity index (χ0) is 21.0. The number of rotatable bonds is 4. The summed E-state index contributed by atoms with van der Waals surface area (Å²) in [5.74, 6) is 0.666. The molecule has 1 saturated heterocycles. The highest BCUT2D eigenvalue weighted by Gasteiger charge is 2.23. The number of hydrogen-bond donors (Lipinski definition) is 0. The topological polar surface area (TPSA) is 75.5 Å². The van der Waals surface area contributed by atoms with E-state index in [1.807, 2.05) is 48.7 Å². The lowest BCUT2D eigenvalue weighted by Gasteiger charge is -2.11. The minimum absolute atomic E-state index is 0.154. The molecule has 0 radical (unpaired) electrons. The predicted octanol–water partition coefficient (Wildman–Crippen LogP) is 1.99. The van der Waals surface area contributed by atoms with Crippen molar-refractivity contribution in [3.8, 4) is 0 Å². The summed E-state index contributed by atoms with van der Waals surface area (Å²) in [4.78, 5) is 31.1. The summed E-state index contributed by atoms with van der Waals surface area (Å²) in [6, 6.07) is 7.79. The van der Waals surface area contributed by atoms with Gasteiger partial charge in [-0.25, -0.2) is 4.79 Å². The van der Waals surface area contributed by atoms with Crippen LogP contribution in [0.4, 0.5) is 0 Å². The highest BCUT2D eigenvalue weighted by atomic mass is 16.5. The van der Waals surface area contributed by atoms with Gasteiger partial charge in [0.25, 0.3) is 5.56 Å². The number of aryl methyl sites for hydroxylation is 3. The monoisotopic (exact) mass is 407 g/mol. The van der Waals surface area contributed by atoms with E-state index < -0.39 is 0 Å². The van der Waals surface area contributed by atoms with Gasteiger partial charge in [-0.15, -0.1) is 0 Å². The second-order valence-corrected chi connectivity index (χ2v) is 8.13. The van der Waals surface area contributed by atoms with Crippen LogP contribution in [0.5, 0.6) is 0 Å². The minimum Gasteiger partial charge on any atom is -0.376 e. The Morgan fingerprint density at radius 1 is 1.17 bits per heavy atom. The van der Waals surface area contributed by atoms with Gasteiger partial charge in [-0.05, 0) is 37.8 Å². The van der Waals surface area contributed by atoms with E-state index in [4.69, 9.17) is 4.74 Å². The first-order valence-corrected chi connectivity index (χ1v) is 10.3. The molecule has 1 fully saturated rings. The van der Waals surface area contributed by atoms with Gasteiger partial charge < -0.3 is 9.30 Å². The number of aromatic nitrogens is 5. The van der Waals surface area contributed by atoms with Crippen LogP contribution in [-0.2, 0) is 24.9 Å². The summed E-state index contributed by atoms with van der Waals surface area (Å²) >= 11 is 0. The molecule has 0 saturated carbocycles. The molecule has 0 aliphatic carbocycles. The molecule has 0 amide bonds. The first-order chi connectivity index (χ1) is 14.5. The van der Waals surface area contributed by atoms with Gasteiger partial charge in [0.2, 0.25) is 5.78 Å². The van der Waals surface area contributed by atoms with E-state index in [1.165, 1.54) is 9.13 Å². The average molecular weight is 407 g/mol. The van der Waals surface area contributed by atoms with Gasteiger partial charge in [-0.3, -0.25) is 18.3 Å². The van der Waals surface area contributed by atoms with E-state index in [0.717, 1.165) is 36.3 Å². The summed E-state index contributed by atoms with van der Waals surface area (Å²) in [6.07, 6.45) is 4.16. The zero-order valence-electron chi connectivity index (χ0n) is 17.5. The number of benzene rings is 1. The molecule has 4 heterocycles. The normalized spacial score (nSPS) is 16.8. The zero-order valence-corrected chi connectivity index (χ0v) is 17.5. The molecule has 1 atom stereocenters. The van der Waals surface area contributed by atoms with Crippen LogP contribution in [-0.4, -0.2) is 35.8 Å². The smallest absolute Gasteiger partial charge is 0.332 e. The van der Waals surface area contributed by atoms with Gasteiger partial charge in [-0.2, -0.15) is 4.98 Å². The predicted molar refractivity (Wildman–Crippen MR) is 114 cm³/mol. The Morgan fingerprint density at radius 2 is 1.97 bits per heavy atom. The Balaban J connectivity index is 1.71. The van der Waals surface area contributed by atoms with Gasteiger partial charge in [0.15, 0.2) is 11.2 Å². The second-order valence-electron chi connectivity index (χ2n) is 8.13. The Kier molecular flexibility index (Phi) is 4.39. The first-order valence-electron chi connectivity index (χ1n) is 10.3. The van der Waals surface area contributed by atoms with Crippen LogP contribution < -0.4 is 11.2 Å². The van der Waals surface area contributed by atoms with Crippen molar-refractivity contribution in [2.75, 3.05) is 6.61 Å². The molecule has 1 aliphatic heterocycles. The van der Waals surface area contributed by atoms with E-state index in [1.54, 1.807) is 7.05 Å². The van der Waals surface area contributed by atoms with E-state index in [-0.39, 0.29) is 23.9 Å². The SMILES string of the molecule is Cc1ccccc1Cn1c(=O)c2c(nc3n(C[C@H]4CCCO4)c(C)cn23)n(C)c1=O. The van der Waals surface area contributed by atoms with Crippen LogP contribution in [0.1, 0.15) is 29.7 Å². The molecular weight excluding hydrogens is 382 g/mol. The van der Waals surface area contributed by atoms with Crippen LogP contribution in [0.25, 0.3) is 16.9 Å². The Bertz CT molecular complexity index is 1380. The molecule has 8 heteroatoms. The number of fused-ring (bicyclic) bond motifs is 3. The second kappa shape index (κ2) is 6.98. The van der Waals surface area contributed by atoms with Gasteiger partial charge >= 0.3 is 5.69 Å². The summed E-state index contributed by atoms with van der Waals surface area (Å²) in [5, 5.41) is 0. The number of nitrogens with zero attached hydrogens (tertiary/aromatic N) is 5. The fraction of sp³-hybridized carbons (Fsp3) is 0.409. The largest absolute Gasteiger partial charge is 0.376 e. The third kappa shape index (κ3) is 2.82. The van der Waals surface area contributed by atoms with Crippen molar-refractivity contribution in [3.05, 3.63) is 68.1 Å². The van der Waals surface area contributed by atoms with E-state index in [2.05, 4.69) is 9.55 Å². The van der Waals surface area contributed by atoms with Crippen molar-refractivity contribution in [2.45, 2.75) is 45.9 Å². The fourth-order valence-electron chi connectivity index (χ4n) is 4.37. The molecule has 0 bridgehead atoms. The van der Waals surface area contributed by atoms with E-state index in [9.17, 15) is 9.59 Å². The molecule has 1 aromatic carbocycles. The highest BCUT2D eigenvalue weighted by molar-refractivity contribution is 5.75. The quantitative estimate of drug-likeness (QED) is 0.519. The third-order valence-corrected chi connectivity index (χ3v) is 6.14. The summed E-state index contributed by atoms with van der Waals surface area (Å²) in [5.41, 5.74) is 3.15. The highest BCUT2D eigenvalue weighted by Crippen LogP contribution is 2.20. The molecule has 3 aromatic heterocycles. The van der Waals surface area contributed by atoms with Crippen LogP contribution in [0.15, 0.2) is 40.1 Å². The van der Waals surface area contributed by atoms with Crippen LogP contribution in [0.3, 0.4) is 0 Å². The fourth-order valence-corrected chi connectivity index (χ4v) is 4.37. The molecule has 5 rings (SSSR count). The molecular formula is C22H25N5O3. The van der Waals surface area contributed by atoms with Crippen molar-refractivity contribution in [1.29, 1.82) is 0 Å². The summed E-state index contributed by atoms with van der Waals surface area (Å²) in [6.45, 7) is 5.70. The van der Waals surface area contributed by atoms with Crippen molar-refractivity contribution in [3.63, 3.8) is 0 Å². The Morgan fingerprint density at radius 3 is 2.70 bits per heavy atom. The van der Waals surface area contributed by atoms with Crippen molar-refractivity contribution < 1.29 is 4.74 Å². The number of ether oxygens (including phenoxy) is 1. The molecule has 0 spiro atoms. The standard InChI is InChI=1S/C22H25N5O3/c1-14-7-4-5-8-16(14)12-27-20(28)18-19(24(3)22(27)29)23-21-25(15(2)11-26(18)21)13-17-9-6-10-30-17/h4-5,7-8,11,17H,6,9-10,12-13H2,1-3H3/t17-/m1/s1. The average Bonchev–Trinajstić information content (AvgIpc) is 3.43. The minimum atomic E-state index is -0.362. The lowest BCUT2D eigenvalue weighted by molar-refractivity contribution is 0.0974. The number of imidazole rings is 2. The summed E-state index contributed by atoms with van der Waals surface area (Å²) in [7, 11) is 1.67. The number of hydrogen-bond acceptors (Lipinski definition) is 4. The van der Waals surface area contributed by atoms with Gasteiger partial charge in [0, 0.05) is 25.5 Å². The maximum Gasteiger partial charge on any atom is 0.332 e. The van der Waals surface area contributed by atoms with Gasteiger partial charge in [-0.1, -0.05) is 24.3 Å². The third-order valence-electron chi connectivity index (χ3n) is 6.14. The first kappa shape index (κ1) is 18.9. The molecule has 1 aliphatic rings. The van der Waals surface area contributed by atoms with Crippen molar-refractivity contribution in [1.82, 2.24) is 23.1 Å². The Labute approximate surface area is 173 Å². The van der Waals surface area contributed by atoms with Crippen LogP contribution in [0.2, 0.25) is 0 Å². The molecule has 156 valence electrons. The van der Waals surface area contributed by atoms with E-state index in [0.29, 0.717) is 23.5 Å². The van der Waals surface area contributed by atoms with Crippen molar-refractivity contribution in [2.24, 2.45) is 7.05 Å². The molecule has 4 aromatic rings. The van der Waals surface area contributed by atoms with Crippen LogP contribution in [0, 0.1) is 13.8 Å². The molecule has 8 nitrogen and oxygen atoms in total. The van der Waals surface area contributed by atoms with Crippen LogP contribution >= 0.6 is 0 Å². The van der Waals surface area contributed by atoms with Gasteiger partial charge in [0.1, 0.15) is 0 Å². The van der Waals surface area contributed by atoms with Gasteiger partial charge in [0.05, 0.1) is 19.2 Å². The Hall–Kier alpha value is -3.13. The maximum absolute atomic E-state index is 13.4. The van der Waals surface area contributed by atoms with E-state index >= 15 is 0 Å². The molecule has 0 unspecified atom stereocenters. The molecule has 30 heavy (non-hydrogen) atoms. The summed E-state index contributed by atoms with van der Waals surface area (Å²) < 4.78 is 12.4. The lowest BCUT2D eigenvalue weighted by atomic mass is 10.1. The maximum atomic E-state index is 13.4. The molecule has 0 N–H and O–H groups in total.